The van der Waals surface area contributed by atoms with Gasteiger partial charge in [0.2, 0.25) is 0 Å². The van der Waals surface area contributed by atoms with Gasteiger partial charge in [0, 0.05) is 57.8 Å². The van der Waals surface area contributed by atoms with Crippen molar-refractivity contribution in [3.8, 4) is 17.0 Å². The summed E-state index contributed by atoms with van der Waals surface area (Å²) in [5.74, 6) is 1.26. The molecule has 10 nitrogen and oxygen atoms in total. The van der Waals surface area contributed by atoms with Crippen LogP contribution in [0.15, 0.2) is 53.2 Å². The third-order valence-electron chi connectivity index (χ3n) is 8.82. The Balaban J connectivity index is 1.25. The molecule has 2 aromatic carbocycles. The van der Waals surface area contributed by atoms with Crippen molar-refractivity contribution >= 4 is 17.0 Å². The number of aryl methyl sites for hydroxylation is 2. The van der Waals surface area contributed by atoms with Gasteiger partial charge in [-0.05, 0) is 31.4 Å². The third-order valence-corrected chi connectivity index (χ3v) is 8.82. The number of carbonyl (C=O) groups is 1. The predicted molar refractivity (Wildman–Crippen MR) is 163 cm³/mol. The number of hydrogen-bond donors (Lipinski definition) is 2. The first kappa shape index (κ1) is 29.3. The van der Waals surface area contributed by atoms with Crippen LogP contribution in [0, 0.1) is 13.8 Å². The fourth-order valence-electron chi connectivity index (χ4n) is 6.75. The van der Waals surface area contributed by atoms with Gasteiger partial charge in [0.15, 0.2) is 17.2 Å². The van der Waals surface area contributed by atoms with E-state index in [0.29, 0.717) is 50.7 Å². The van der Waals surface area contributed by atoms with Gasteiger partial charge in [0.25, 0.3) is 5.91 Å². The second kappa shape index (κ2) is 12.5. The summed E-state index contributed by atoms with van der Waals surface area (Å²) in [6.07, 6.45) is 5.75. The predicted octanol–water partition coefficient (Wildman–Crippen LogP) is 4.68. The Morgan fingerprint density at radius 3 is 2.86 bits per heavy atom. The van der Waals surface area contributed by atoms with Gasteiger partial charge in [0.05, 0.1) is 31.3 Å². The number of piperazine rings is 1. The van der Waals surface area contributed by atoms with Gasteiger partial charge in [-0.1, -0.05) is 43.2 Å². The van der Waals surface area contributed by atoms with Crippen molar-refractivity contribution in [2.45, 2.75) is 63.6 Å². The number of nitrogens with one attached hydrogen (secondary N) is 1. The number of imidazole rings is 1. The molecule has 2 fully saturated rings. The SMILES string of the molecule is COC[C@]1(O)CCCC[C@H]1n1cnc(C(=O)N2CCNC[C@H]2CCOc2cc(C)c3oc(C)nc3c2)c1-c1ccccc1. The molecule has 43 heavy (non-hydrogen) atoms. The molecule has 228 valence electrons. The van der Waals surface area contributed by atoms with Crippen LogP contribution in [-0.2, 0) is 4.74 Å². The van der Waals surface area contributed by atoms with E-state index in [4.69, 9.17) is 18.9 Å². The Bertz CT molecular complexity index is 1560. The summed E-state index contributed by atoms with van der Waals surface area (Å²) >= 11 is 0. The van der Waals surface area contributed by atoms with Crippen molar-refractivity contribution in [1.82, 2.24) is 24.8 Å². The standard InChI is InChI=1S/C33H41N5O5/c1-22-17-26(18-27-31(22)43-23(2)36-27)42-16-12-25-19-34-14-15-37(25)32(39)29-30(24-9-5-4-6-10-24)38(21-35-29)28-11-7-8-13-33(28,40)20-41-3/h4-6,9-10,17-18,21,25,28,34,40H,7-8,11-16,19-20H2,1-3H3/t25-,28-,33-/m1/s1. The molecule has 2 aliphatic rings. The Labute approximate surface area is 252 Å². The normalized spacial score (nSPS) is 22.7. The first-order valence-electron chi connectivity index (χ1n) is 15.2. The Morgan fingerprint density at radius 2 is 2.05 bits per heavy atom. The number of carbonyl (C=O) groups excluding carboxylic acids is 1. The van der Waals surface area contributed by atoms with Crippen LogP contribution >= 0.6 is 0 Å². The van der Waals surface area contributed by atoms with Gasteiger partial charge in [0.1, 0.15) is 16.9 Å². The number of aliphatic hydroxyl groups is 1. The smallest absolute Gasteiger partial charge is 0.275 e. The molecule has 10 heteroatoms. The van der Waals surface area contributed by atoms with Gasteiger partial charge in [-0.2, -0.15) is 0 Å². The molecule has 0 bridgehead atoms. The molecule has 0 unspecified atom stereocenters. The molecular weight excluding hydrogens is 546 g/mol. The average Bonchev–Trinajstić information content (AvgIpc) is 3.61. The van der Waals surface area contributed by atoms with Crippen LogP contribution in [0.25, 0.3) is 22.4 Å². The topological polar surface area (TPSA) is 115 Å². The van der Waals surface area contributed by atoms with Crippen LogP contribution in [0.5, 0.6) is 5.75 Å². The van der Waals surface area contributed by atoms with E-state index in [2.05, 4.69) is 10.3 Å². The summed E-state index contributed by atoms with van der Waals surface area (Å²) in [6, 6.07) is 13.5. The van der Waals surface area contributed by atoms with E-state index in [1.165, 1.54) is 0 Å². The fraction of sp³-hybridized carbons (Fsp3) is 0.485. The molecule has 2 N–H and O–H groups in total. The second-order valence-electron chi connectivity index (χ2n) is 11.8. The fourth-order valence-corrected chi connectivity index (χ4v) is 6.75. The van der Waals surface area contributed by atoms with Gasteiger partial charge in [-0.3, -0.25) is 4.79 Å². The van der Waals surface area contributed by atoms with Gasteiger partial charge < -0.3 is 33.8 Å². The molecule has 1 saturated heterocycles. The van der Waals surface area contributed by atoms with Crippen molar-refractivity contribution in [3.05, 3.63) is 65.9 Å². The summed E-state index contributed by atoms with van der Waals surface area (Å²) in [4.78, 5) is 25.4. The van der Waals surface area contributed by atoms with E-state index in [0.717, 1.165) is 52.9 Å². The molecule has 1 aliphatic heterocycles. The summed E-state index contributed by atoms with van der Waals surface area (Å²) in [6.45, 7) is 6.46. The van der Waals surface area contributed by atoms with E-state index in [1.54, 1.807) is 13.4 Å². The first-order chi connectivity index (χ1) is 20.9. The van der Waals surface area contributed by atoms with Crippen LogP contribution in [0.4, 0.5) is 0 Å². The second-order valence-corrected chi connectivity index (χ2v) is 11.8. The third kappa shape index (κ3) is 5.91. The Hall–Kier alpha value is -3.73. The molecule has 0 radical (unpaired) electrons. The van der Waals surface area contributed by atoms with E-state index in [1.807, 2.05) is 65.8 Å². The van der Waals surface area contributed by atoms with Crippen LogP contribution in [0.1, 0.15) is 60.1 Å². The average molecular weight is 588 g/mol. The highest BCUT2D eigenvalue weighted by molar-refractivity contribution is 5.98. The maximum atomic E-state index is 14.3. The number of nitrogens with zero attached hydrogens (tertiary/aromatic N) is 4. The number of fused-ring (bicyclic) bond motifs is 1. The van der Waals surface area contributed by atoms with Crippen molar-refractivity contribution in [2.75, 3.05) is 40.0 Å². The maximum absolute atomic E-state index is 14.3. The van der Waals surface area contributed by atoms with Crippen molar-refractivity contribution in [2.24, 2.45) is 0 Å². The minimum Gasteiger partial charge on any atom is -0.493 e. The molecule has 1 aliphatic carbocycles. The number of oxazole rings is 1. The Morgan fingerprint density at radius 1 is 1.21 bits per heavy atom. The lowest BCUT2D eigenvalue weighted by Gasteiger charge is -2.41. The number of amides is 1. The minimum absolute atomic E-state index is 0.0609. The van der Waals surface area contributed by atoms with Crippen LogP contribution in [0.3, 0.4) is 0 Å². The summed E-state index contributed by atoms with van der Waals surface area (Å²) in [5.41, 5.74) is 3.56. The van der Waals surface area contributed by atoms with Crippen LogP contribution < -0.4 is 10.1 Å². The number of hydrogen-bond acceptors (Lipinski definition) is 8. The molecule has 3 heterocycles. The lowest BCUT2D eigenvalue weighted by molar-refractivity contribution is -0.0893. The van der Waals surface area contributed by atoms with Gasteiger partial charge >= 0.3 is 0 Å². The quantitative estimate of drug-likeness (QED) is 0.290. The van der Waals surface area contributed by atoms with E-state index >= 15 is 0 Å². The number of methoxy groups -OCH3 is 1. The van der Waals surface area contributed by atoms with Crippen LogP contribution in [0.2, 0.25) is 0 Å². The zero-order chi connectivity index (χ0) is 30.0. The lowest BCUT2D eigenvalue weighted by atomic mass is 9.80. The highest BCUT2D eigenvalue weighted by atomic mass is 16.5. The number of benzene rings is 2. The number of rotatable bonds is 9. The molecule has 6 rings (SSSR count). The molecule has 4 aromatic rings. The first-order valence-corrected chi connectivity index (χ1v) is 15.2. The monoisotopic (exact) mass is 587 g/mol. The molecule has 3 atom stereocenters. The summed E-state index contributed by atoms with van der Waals surface area (Å²) < 4.78 is 19.3. The minimum atomic E-state index is -1.03. The molecule has 1 amide bonds. The number of aromatic nitrogens is 3. The molecule has 2 aromatic heterocycles. The largest absolute Gasteiger partial charge is 0.493 e. The lowest BCUT2D eigenvalue weighted by Crippen LogP contribution is -2.54. The highest BCUT2D eigenvalue weighted by Crippen LogP contribution is 2.41. The zero-order valence-corrected chi connectivity index (χ0v) is 25.2. The molecule has 0 spiro atoms. The van der Waals surface area contributed by atoms with Gasteiger partial charge in [-0.25, -0.2) is 9.97 Å². The highest BCUT2D eigenvalue weighted by Gasteiger charge is 2.42. The summed E-state index contributed by atoms with van der Waals surface area (Å²) in [5, 5.41) is 15.1. The summed E-state index contributed by atoms with van der Waals surface area (Å²) in [7, 11) is 1.62. The number of ether oxygens (including phenoxy) is 2. The van der Waals surface area contributed by atoms with Gasteiger partial charge in [-0.15, -0.1) is 0 Å². The molecule has 1 saturated carbocycles. The Kier molecular flexibility index (Phi) is 8.52. The van der Waals surface area contributed by atoms with Crippen molar-refractivity contribution < 1.29 is 23.8 Å². The van der Waals surface area contributed by atoms with Crippen molar-refractivity contribution in [1.29, 1.82) is 0 Å². The van der Waals surface area contributed by atoms with E-state index < -0.39 is 5.60 Å². The molecular formula is C33H41N5O5. The van der Waals surface area contributed by atoms with E-state index in [-0.39, 0.29) is 24.6 Å². The van der Waals surface area contributed by atoms with Crippen molar-refractivity contribution in [3.63, 3.8) is 0 Å². The maximum Gasteiger partial charge on any atom is 0.275 e. The van der Waals surface area contributed by atoms with E-state index in [9.17, 15) is 9.90 Å². The zero-order valence-electron chi connectivity index (χ0n) is 25.2. The van der Waals surface area contributed by atoms with Crippen LogP contribution in [-0.4, -0.2) is 82.0 Å².